The second kappa shape index (κ2) is 1.12. The molecule has 1 fully saturated rings. The highest BCUT2D eigenvalue weighted by Crippen LogP contribution is 2.25. The van der Waals surface area contributed by atoms with Crippen molar-refractivity contribution in [1.82, 2.24) is 0 Å². The molecule has 0 radical (unpaired) electrons. The Labute approximate surface area is 40.4 Å². The fourth-order valence-corrected chi connectivity index (χ4v) is 0.699. The van der Waals surface area contributed by atoms with E-state index in [9.17, 15) is 4.79 Å². The Bertz CT molecular complexity index is 92.1. The minimum atomic E-state index is 0.208. The predicted molar refractivity (Wildman–Crippen MR) is 26.6 cm³/mol. The largest absolute Gasteiger partial charge is 0.293 e. The molecule has 0 atom stereocenters. The first-order valence-corrected chi connectivity index (χ1v) is 2.64. The summed E-state index contributed by atoms with van der Waals surface area (Å²) < 4.78 is 0. The van der Waals surface area contributed by atoms with Gasteiger partial charge in [-0.15, -0.1) is 11.8 Å². The van der Waals surface area contributed by atoms with E-state index in [4.69, 9.17) is 0 Å². The molecule has 0 N–H and O–H groups in total. The van der Waals surface area contributed by atoms with Gasteiger partial charge in [-0.05, 0) is 0 Å². The van der Waals surface area contributed by atoms with Crippen LogP contribution in [0.1, 0.15) is 0 Å². The molecule has 0 aliphatic carbocycles. The molecular weight excluding hydrogens is 96.1 g/mol. The van der Waals surface area contributed by atoms with Crippen LogP contribution in [0.15, 0.2) is 11.5 Å². The van der Waals surface area contributed by atoms with Gasteiger partial charge in [0, 0.05) is 4.91 Å². The summed E-state index contributed by atoms with van der Waals surface area (Å²) >= 11 is 1.52. The van der Waals surface area contributed by atoms with Crippen molar-refractivity contribution in [3.8, 4) is 0 Å². The molecule has 0 spiro atoms. The third-order valence-electron chi connectivity index (χ3n) is 0.688. The highest BCUT2D eigenvalue weighted by molar-refractivity contribution is 8.07. The first-order chi connectivity index (χ1) is 2.80. The van der Waals surface area contributed by atoms with Gasteiger partial charge in [-0.3, -0.25) is 4.79 Å². The number of allylic oxidation sites excluding steroid dienone is 1. The minimum absolute atomic E-state index is 0.208. The number of thioether (sulfide) groups is 1. The molecule has 1 aliphatic rings. The molecule has 1 heterocycles. The number of hydrogen-bond acceptors (Lipinski definition) is 2. The maximum Gasteiger partial charge on any atom is 0.178 e. The van der Waals surface area contributed by atoms with Crippen molar-refractivity contribution in [3.05, 3.63) is 11.5 Å². The predicted octanol–water partition coefficient (Wildman–Crippen LogP) is 0.816. The monoisotopic (exact) mass is 100.0 g/mol. The van der Waals surface area contributed by atoms with Gasteiger partial charge in [-0.1, -0.05) is 6.58 Å². The number of hydrogen-bond donors (Lipinski definition) is 0. The van der Waals surface area contributed by atoms with Crippen molar-refractivity contribution < 1.29 is 4.79 Å². The lowest BCUT2D eigenvalue weighted by Gasteiger charge is -2.09. The van der Waals surface area contributed by atoms with Crippen LogP contribution >= 0.6 is 11.8 Å². The topological polar surface area (TPSA) is 17.1 Å². The molecule has 0 saturated carbocycles. The van der Waals surface area contributed by atoms with Crippen LogP contribution in [-0.4, -0.2) is 11.5 Å². The van der Waals surface area contributed by atoms with E-state index in [-0.39, 0.29) is 5.78 Å². The Morgan fingerprint density at radius 2 is 2.33 bits per heavy atom. The summed E-state index contributed by atoms with van der Waals surface area (Å²) in [6, 6.07) is 0. The van der Waals surface area contributed by atoms with Crippen LogP contribution in [0.25, 0.3) is 0 Å². The lowest BCUT2D eigenvalue weighted by molar-refractivity contribution is -0.113. The Hall–Kier alpha value is -0.240. The smallest absolute Gasteiger partial charge is 0.178 e. The van der Waals surface area contributed by atoms with Gasteiger partial charge in [-0.25, -0.2) is 0 Å². The third kappa shape index (κ3) is 0.373. The molecule has 0 unspecified atom stereocenters. The van der Waals surface area contributed by atoms with E-state index in [1.807, 2.05) is 0 Å². The van der Waals surface area contributed by atoms with Gasteiger partial charge in [0.05, 0.1) is 5.75 Å². The van der Waals surface area contributed by atoms with Crippen molar-refractivity contribution in [2.24, 2.45) is 0 Å². The Morgan fingerprint density at radius 3 is 2.33 bits per heavy atom. The van der Waals surface area contributed by atoms with Gasteiger partial charge in [-0.2, -0.15) is 0 Å². The lowest BCUT2D eigenvalue weighted by atomic mass is 10.4. The summed E-state index contributed by atoms with van der Waals surface area (Å²) in [5, 5.41) is 0. The van der Waals surface area contributed by atoms with E-state index < -0.39 is 0 Å². The molecule has 0 aromatic heterocycles. The van der Waals surface area contributed by atoms with Crippen LogP contribution in [0.4, 0.5) is 0 Å². The van der Waals surface area contributed by atoms with Gasteiger partial charge in [0.1, 0.15) is 0 Å². The molecule has 0 amide bonds. The van der Waals surface area contributed by atoms with Crippen LogP contribution in [0.3, 0.4) is 0 Å². The van der Waals surface area contributed by atoms with Gasteiger partial charge < -0.3 is 0 Å². The summed E-state index contributed by atoms with van der Waals surface area (Å²) in [5.41, 5.74) is 0. The highest BCUT2D eigenvalue weighted by Gasteiger charge is 2.17. The van der Waals surface area contributed by atoms with E-state index in [1.54, 1.807) is 0 Å². The van der Waals surface area contributed by atoms with Gasteiger partial charge >= 0.3 is 0 Å². The van der Waals surface area contributed by atoms with Crippen molar-refractivity contribution in [2.75, 3.05) is 5.75 Å². The second-order valence-corrected chi connectivity index (χ2v) is 2.21. The van der Waals surface area contributed by atoms with E-state index in [0.717, 1.165) is 4.91 Å². The van der Waals surface area contributed by atoms with Crippen molar-refractivity contribution in [1.29, 1.82) is 0 Å². The maximum atomic E-state index is 10.1. The zero-order chi connectivity index (χ0) is 4.57. The molecule has 1 saturated heterocycles. The number of Topliss-reactive ketones (excluding diaryl/α,β-unsaturated/α-hetero) is 1. The van der Waals surface area contributed by atoms with Crippen LogP contribution in [-0.2, 0) is 4.79 Å². The third-order valence-corrected chi connectivity index (χ3v) is 1.67. The minimum Gasteiger partial charge on any atom is -0.293 e. The van der Waals surface area contributed by atoms with Crippen molar-refractivity contribution in [3.63, 3.8) is 0 Å². The molecule has 32 valence electrons. The van der Waals surface area contributed by atoms with Crippen molar-refractivity contribution in [2.45, 2.75) is 0 Å². The normalized spacial score (nSPS) is 20.7. The van der Waals surface area contributed by atoms with E-state index in [1.165, 1.54) is 11.8 Å². The summed E-state index contributed by atoms with van der Waals surface area (Å²) in [6.07, 6.45) is 0. The highest BCUT2D eigenvalue weighted by atomic mass is 32.2. The van der Waals surface area contributed by atoms with E-state index >= 15 is 0 Å². The second-order valence-electron chi connectivity index (χ2n) is 1.14. The number of carbonyl (C=O) groups excluding carboxylic acids is 1. The fourth-order valence-electron chi connectivity index (χ4n) is 0.233. The van der Waals surface area contributed by atoms with Crippen LogP contribution in [0.5, 0.6) is 0 Å². The average molecular weight is 100 g/mol. The van der Waals surface area contributed by atoms with Gasteiger partial charge in [0.2, 0.25) is 0 Å². The zero-order valence-corrected chi connectivity index (χ0v) is 4.05. The molecule has 1 rings (SSSR count). The Kier molecular flexibility index (Phi) is 0.733. The first kappa shape index (κ1) is 3.93. The van der Waals surface area contributed by atoms with Crippen LogP contribution < -0.4 is 0 Å². The summed E-state index contributed by atoms with van der Waals surface area (Å²) in [7, 11) is 0. The molecule has 1 nitrogen and oxygen atoms in total. The Morgan fingerprint density at radius 1 is 1.83 bits per heavy atom. The van der Waals surface area contributed by atoms with Crippen molar-refractivity contribution >= 4 is 17.5 Å². The quantitative estimate of drug-likeness (QED) is 0.419. The number of rotatable bonds is 0. The Balaban J connectivity index is 2.61. The summed E-state index contributed by atoms with van der Waals surface area (Å²) in [5.74, 6) is 0.860. The number of ketones is 1. The van der Waals surface area contributed by atoms with Crippen LogP contribution in [0.2, 0.25) is 0 Å². The van der Waals surface area contributed by atoms with Gasteiger partial charge in [0.15, 0.2) is 5.78 Å². The SMILES string of the molecule is C=C1SCC1=O. The van der Waals surface area contributed by atoms with Crippen LogP contribution in [0, 0.1) is 0 Å². The van der Waals surface area contributed by atoms with E-state index in [0.29, 0.717) is 5.75 Å². The average Bonchev–Trinajstić information content (AvgIpc) is 1.61. The van der Waals surface area contributed by atoms with Gasteiger partial charge in [0.25, 0.3) is 0 Å². The first-order valence-electron chi connectivity index (χ1n) is 1.65. The molecule has 0 bridgehead atoms. The molecular formula is C4H4OS. The molecule has 2 heteroatoms. The lowest BCUT2D eigenvalue weighted by Crippen LogP contribution is -2.12. The molecule has 6 heavy (non-hydrogen) atoms. The maximum absolute atomic E-state index is 10.1. The molecule has 0 aromatic carbocycles. The zero-order valence-electron chi connectivity index (χ0n) is 3.23. The molecule has 0 aromatic rings. The standard InChI is InChI=1S/C4H4OS/c1-3-4(5)2-6-3/h1-2H2. The van der Waals surface area contributed by atoms with E-state index in [2.05, 4.69) is 6.58 Å². The summed E-state index contributed by atoms with van der Waals surface area (Å²) in [6.45, 7) is 3.45. The molecule has 1 aliphatic heterocycles. The summed E-state index contributed by atoms with van der Waals surface area (Å²) in [4.78, 5) is 10.8. The number of carbonyl (C=O) groups is 1. The fraction of sp³-hybridized carbons (Fsp3) is 0.250.